The third-order valence-electron chi connectivity index (χ3n) is 3.41. The third kappa shape index (κ3) is 4.42. The van der Waals surface area contributed by atoms with Crippen LogP contribution in [0.15, 0.2) is 46.8 Å². The number of halogens is 3. The van der Waals surface area contributed by atoms with E-state index in [0.717, 1.165) is 29.6 Å². The molecule has 2 aromatic heterocycles. The van der Waals surface area contributed by atoms with Gasteiger partial charge < -0.3 is 5.73 Å². The highest BCUT2D eigenvalue weighted by molar-refractivity contribution is 7.99. The fraction of sp³-hybridized carbons (Fsp3) is 0.188. The van der Waals surface area contributed by atoms with Crippen molar-refractivity contribution >= 4 is 17.7 Å². The molecule has 0 unspecified atom stereocenters. The lowest BCUT2D eigenvalue weighted by molar-refractivity contribution is -0.141. The molecule has 0 saturated heterocycles. The van der Waals surface area contributed by atoms with E-state index in [9.17, 15) is 18.0 Å². The second-order valence-corrected chi connectivity index (χ2v) is 6.49. The summed E-state index contributed by atoms with van der Waals surface area (Å²) in [7, 11) is 0. The van der Waals surface area contributed by atoms with E-state index >= 15 is 0 Å². The minimum Gasteiger partial charge on any atom is -0.368 e. The highest BCUT2D eigenvalue weighted by atomic mass is 32.2. The van der Waals surface area contributed by atoms with Crippen LogP contribution >= 0.6 is 11.8 Å². The highest BCUT2D eigenvalue weighted by Crippen LogP contribution is 2.31. The predicted octanol–water partition coefficient (Wildman–Crippen LogP) is 2.70. The maximum Gasteiger partial charge on any atom is 0.433 e. The third-order valence-corrected chi connectivity index (χ3v) is 4.28. The van der Waals surface area contributed by atoms with E-state index in [2.05, 4.69) is 20.2 Å². The van der Waals surface area contributed by atoms with Crippen LogP contribution in [0.1, 0.15) is 11.3 Å². The minimum atomic E-state index is -4.59. The number of aryl methyl sites for hydroxylation is 1. The average Bonchev–Trinajstić information content (AvgIpc) is 2.96. The summed E-state index contributed by atoms with van der Waals surface area (Å²) in [4.78, 5) is 18.8. The number of nitrogens with two attached hydrogens (primary N) is 1. The summed E-state index contributed by atoms with van der Waals surface area (Å²) >= 11 is 0.766. The number of aromatic nitrogens is 5. The van der Waals surface area contributed by atoms with Gasteiger partial charge >= 0.3 is 6.18 Å². The number of carbonyl (C=O) groups is 1. The first-order valence-corrected chi connectivity index (χ1v) is 8.42. The van der Waals surface area contributed by atoms with Crippen LogP contribution in [0, 0.1) is 6.92 Å². The molecule has 0 spiro atoms. The summed E-state index contributed by atoms with van der Waals surface area (Å²) in [6.07, 6.45) is -3.58. The normalized spacial score (nSPS) is 11.6. The van der Waals surface area contributed by atoms with Gasteiger partial charge in [-0.25, -0.2) is 9.97 Å². The molecule has 2 N–H and O–H groups in total. The maximum atomic E-state index is 12.8. The predicted molar refractivity (Wildman–Crippen MR) is 90.5 cm³/mol. The fourth-order valence-corrected chi connectivity index (χ4v) is 3.05. The van der Waals surface area contributed by atoms with Crippen LogP contribution in [-0.4, -0.2) is 30.6 Å². The maximum absolute atomic E-state index is 12.8. The van der Waals surface area contributed by atoms with Crippen LogP contribution in [0.3, 0.4) is 0 Å². The Morgan fingerprint density at radius 1 is 1.26 bits per heavy atom. The Kier molecular flexibility index (Phi) is 5.13. The van der Waals surface area contributed by atoms with Crippen molar-refractivity contribution < 1.29 is 18.0 Å². The van der Waals surface area contributed by atoms with E-state index in [1.807, 2.05) is 25.1 Å². The van der Waals surface area contributed by atoms with Crippen molar-refractivity contribution in [2.24, 2.45) is 5.73 Å². The lowest BCUT2D eigenvalue weighted by atomic mass is 10.1. The quantitative estimate of drug-likeness (QED) is 0.668. The Morgan fingerprint density at radius 3 is 2.70 bits per heavy atom. The zero-order valence-corrected chi connectivity index (χ0v) is 14.8. The lowest BCUT2D eigenvalue weighted by Gasteiger charge is -2.09. The van der Waals surface area contributed by atoms with Gasteiger partial charge in [0.1, 0.15) is 12.2 Å². The number of benzene rings is 1. The van der Waals surface area contributed by atoms with Crippen molar-refractivity contribution in [1.82, 2.24) is 24.7 Å². The van der Waals surface area contributed by atoms with Gasteiger partial charge in [-0.2, -0.15) is 13.2 Å². The standard InChI is InChI=1S/C16H13F3N6OS/c1-9-3-2-4-10(7-9)13-23-24-15(25(13)8-12(20)26)27-14-21-6-5-11(22-14)16(17,18)19/h2-7H,8H2,1H3,(H2,20,26). The zero-order valence-electron chi connectivity index (χ0n) is 13.9. The summed E-state index contributed by atoms with van der Waals surface area (Å²) in [5.74, 6) is -0.275. The molecule has 0 aliphatic carbocycles. The number of hydrogen-bond donors (Lipinski definition) is 1. The van der Waals surface area contributed by atoms with Crippen LogP contribution in [0.4, 0.5) is 13.2 Å². The average molecular weight is 394 g/mol. The molecule has 27 heavy (non-hydrogen) atoms. The van der Waals surface area contributed by atoms with Gasteiger partial charge in [0.05, 0.1) is 0 Å². The van der Waals surface area contributed by atoms with Crippen molar-refractivity contribution in [2.45, 2.75) is 30.0 Å². The molecule has 3 aromatic rings. The van der Waals surface area contributed by atoms with Gasteiger partial charge in [0.15, 0.2) is 16.1 Å². The number of nitrogens with zero attached hydrogens (tertiary/aromatic N) is 5. The Hall–Kier alpha value is -2.95. The first kappa shape index (κ1) is 18.8. The summed E-state index contributed by atoms with van der Waals surface area (Å²) in [6.45, 7) is 1.65. The van der Waals surface area contributed by atoms with Gasteiger partial charge in [-0.1, -0.05) is 23.8 Å². The molecule has 140 valence electrons. The van der Waals surface area contributed by atoms with Crippen LogP contribution in [0.2, 0.25) is 0 Å². The molecule has 3 rings (SSSR count). The monoisotopic (exact) mass is 394 g/mol. The van der Waals surface area contributed by atoms with Crippen molar-refractivity contribution in [3.8, 4) is 11.4 Å². The van der Waals surface area contributed by atoms with Crippen molar-refractivity contribution in [1.29, 1.82) is 0 Å². The second-order valence-electron chi connectivity index (χ2n) is 5.55. The Labute approximate surface area is 155 Å². The first-order chi connectivity index (χ1) is 12.7. The van der Waals surface area contributed by atoms with Gasteiger partial charge in [0, 0.05) is 11.8 Å². The highest BCUT2D eigenvalue weighted by Gasteiger charge is 2.33. The van der Waals surface area contributed by atoms with Crippen LogP contribution in [0.25, 0.3) is 11.4 Å². The molecule has 0 atom stereocenters. The van der Waals surface area contributed by atoms with Crippen LogP contribution < -0.4 is 5.73 Å². The van der Waals surface area contributed by atoms with Gasteiger partial charge in [-0.05, 0) is 30.8 Å². The molecule has 1 aromatic carbocycles. The van der Waals surface area contributed by atoms with E-state index in [0.29, 0.717) is 11.4 Å². The number of alkyl halides is 3. The van der Waals surface area contributed by atoms with Crippen LogP contribution in [-0.2, 0) is 17.5 Å². The molecule has 0 bridgehead atoms. The molecule has 11 heteroatoms. The molecule has 0 fully saturated rings. The molecule has 7 nitrogen and oxygen atoms in total. The number of hydrogen-bond acceptors (Lipinski definition) is 6. The Bertz CT molecular complexity index is 988. The lowest BCUT2D eigenvalue weighted by Crippen LogP contribution is -2.20. The van der Waals surface area contributed by atoms with E-state index in [-0.39, 0.29) is 16.9 Å². The summed E-state index contributed by atoms with van der Waals surface area (Å²) < 4.78 is 39.9. The fourth-order valence-electron chi connectivity index (χ4n) is 2.29. The summed E-state index contributed by atoms with van der Waals surface area (Å²) in [6, 6.07) is 8.11. The van der Waals surface area contributed by atoms with Gasteiger partial charge in [0.2, 0.25) is 5.91 Å². The molecule has 2 heterocycles. The molecule has 0 aliphatic heterocycles. The van der Waals surface area contributed by atoms with Crippen molar-refractivity contribution in [2.75, 3.05) is 0 Å². The Balaban J connectivity index is 2.00. The first-order valence-electron chi connectivity index (χ1n) is 7.60. The number of primary amides is 1. The SMILES string of the molecule is Cc1cccc(-c2nnc(Sc3nccc(C(F)(F)F)n3)n2CC(N)=O)c1. The van der Waals surface area contributed by atoms with E-state index in [4.69, 9.17) is 5.73 Å². The smallest absolute Gasteiger partial charge is 0.368 e. The van der Waals surface area contributed by atoms with Crippen molar-refractivity contribution in [3.63, 3.8) is 0 Å². The number of carbonyl (C=O) groups excluding carboxylic acids is 1. The zero-order chi connectivity index (χ0) is 19.6. The molecular formula is C16H13F3N6OS. The molecular weight excluding hydrogens is 381 g/mol. The summed E-state index contributed by atoms with van der Waals surface area (Å²) in [5, 5.41) is 8.01. The molecule has 0 aliphatic rings. The number of rotatable bonds is 5. The largest absolute Gasteiger partial charge is 0.433 e. The van der Waals surface area contributed by atoms with Gasteiger partial charge in [-0.15, -0.1) is 10.2 Å². The summed E-state index contributed by atoms with van der Waals surface area (Å²) in [5.41, 5.74) is 5.89. The topological polar surface area (TPSA) is 99.6 Å². The van der Waals surface area contributed by atoms with Crippen LogP contribution in [0.5, 0.6) is 0 Å². The van der Waals surface area contributed by atoms with Gasteiger partial charge in [-0.3, -0.25) is 9.36 Å². The van der Waals surface area contributed by atoms with E-state index < -0.39 is 17.8 Å². The molecule has 0 radical (unpaired) electrons. The van der Waals surface area contributed by atoms with E-state index in [1.54, 1.807) is 6.07 Å². The second kappa shape index (κ2) is 7.35. The van der Waals surface area contributed by atoms with E-state index in [1.165, 1.54) is 4.57 Å². The molecule has 0 saturated carbocycles. The minimum absolute atomic E-state index is 0.157. The van der Waals surface area contributed by atoms with Gasteiger partial charge in [0.25, 0.3) is 0 Å². The number of amides is 1. The van der Waals surface area contributed by atoms with Crippen molar-refractivity contribution in [3.05, 3.63) is 47.8 Å². The Morgan fingerprint density at radius 2 is 2.04 bits per heavy atom. The molecule has 1 amide bonds.